The standard InChI is InChI=1S/C25H24N2O2/c1-16-9-11-17(12-10-16)22-24-23(18-7-5-4-6-8-18)27(24)25(26-22)19-13-14-20(28-2)21(15-19)29-3/h4-15,23-25H,1-3H3/t23-,24+,25-,27?/m1/s1. The summed E-state index contributed by atoms with van der Waals surface area (Å²) in [5, 5.41) is 0. The minimum absolute atomic E-state index is 0.0266. The predicted molar refractivity (Wildman–Crippen MR) is 115 cm³/mol. The largest absolute Gasteiger partial charge is 0.493 e. The summed E-state index contributed by atoms with van der Waals surface area (Å²) in [7, 11) is 3.33. The maximum atomic E-state index is 5.53. The van der Waals surface area contributed by atoms with Crippen LogP contribution >= 0.6 is 0 Å². The molecule has 0 aliphatic carbocycles. The van der Waals surface area contributed by atoms with Crippen molar-refractivity contribution in [2.75, 3.05) is 14.2 Å². The van der Waals surface area contributed by atoms with Gasteiger partial charge in [-0.15, -0.1) is 0 Å². The van der Waals surface area contributed by atoms with Gasteiger partial charge in [0, 0.05) is 0 Å². The van der Waals surface area contributed by atoms with Crippen LogP contribution in [0, 0.1) is 6.92 Å². The maximum Gasteiger partial charge on any atom is 0.161 e. The molecule has 4 nitrogen and oxygen atoms in total. The quantitative estimate of drug-likeness (QED) is 0.584. The topological polar surface area (TPSA) is 33.8 Å². The van der Waals surface area contributed by atoms with Gasteiger partial charge in [0.15, 0.2) is 11.5 Å². The van der Waals surface area contributed by atoms with Crippen LogP contribution in [-0.2, 0) is 0 Å². The van der Waals surface area contributed by atoms with Crippen LogP contribution in [0.15, 0.2) is 77.8 Å². The second-order valence-corrected chi connectivity index (χ2v) is 7.62. The molecule has 2 aliphatic heterocycles. The van der Waals surface area contributed by atoms with Crippen molar-refractivity contribution < 1.29 is 9.47 Å². The Morgan fingerprint density at radius 3 is 2.17 bits per heavy atom. The van der Waals surface area contributed by atoms with Crippen LogP contribution in [0.4, 0.5) is 0 Å². The summed E-state index contributed by atoms with van der Waals surface area (Å²) in [6, 6.07) is 26.1. The zero-order valence-electron chi connectivity index (χ0n) is 16.9. The Bertz CT molecular complexity index is 1060. The van der Waals surface area contributed by atoms with Crippen molar-refractivity contribution in [3.63, 3.8) is 0 Å². The third-order valence-corrected chi connectivity index (χ3v) is 5.87. The molecule has 146 valence electrons. The fraction of sp³-hybridized carbons (Fsp3) is 0.240. The molecule has 0 amide bonds. The SMILES string of the molecule is COc1ccc([C@@H]2N=C(c3ccc(C)cc3)[C@H]3[C@@H](c4ccccc4)N23)cc1OC. The van der Waals surface area contributed by atoms with Crippen LogP contribution in [0.1, 0.15) is 34.5 Å². The minimum Gasteiger partial charge on any atom is -0.493 e. The van der Waals surface area contributed by atoms with Gasteiger partial charge in [-0.05, 0) is 35.7 Å². The molecule has 2 heterocycles. The Morgan fingerprint density at radius 2 is 1.48 bits per heavy atom. The molecule has 0 N–H and O–H groups in total. The number of hydrogen-bond donors (Lipinski definition) is 0. The highest BCUT2D eigenvalue weighted by molar-refractivity contribution is 6.08. The van der Waals surface area contributed by atoms with E-state index in [1.165, 1.54) is 22.4 Å². The molecule has 0 radical (unpaired) electrons. The number of rotatable bonds is 5. The van der Waals surface area contributed by atoms with Crippen LogP contribution in [0.2, 0.25) is 0 Å². The summed E-state index contributed by atoms with van der Waals surface area (Å²) in [5.74, 6) is 1.47. The van der Waals surface area contributed by atoms with E-state index in [1.807, 2.05) is 12.1 Å². The highest BCUT2D eigenvalue weighted by Gasteiger charge is 2.59. The highest BCUT2D eigenvalue weighted by atomic mass is 16.5. The van der Waals surface area contributed by atoms with E-state index in [2.05, 4.69) is 72.5 Å². The Balaban J connectivity index is 1.57. The van der Waals surface area contributed by atoms with Gasteiger partial charge in [0.1, 0.15) is 6.17 Å². The number of hydrogen-bond acceptors (Lipinski definition) is 4. The number of fused-ring (bicyclic) bond motifs is 1. The van der Waals surface area contributed by atoms with Crippen LogP contribution in [-0.4, -0.2) is 30.9 Å². The van der Waals surface area contributed by atoms with Gasteiger partial charge in [-0.3, -0.25) is 9.89 Å². The van der Waals surface area contributed by atoms with Gasteiger partial charge in [0.25, 0.3) is 0 Å². The summed E-state index contributed by atoms with van der Waals surface area (Å²) in [6.07, 6.45) is -0.0266. The van der Waals surface area contributed by atoms with Crippen molar-refractivity contribution in [3.8, 4) is 11.5 Å². The second kappa shape index (κ2) is 7.05. The van der Waals surface area contributed by atoms with Crippen molar-refractivity contribution in [3.05, 3.63) is 95.1 Å². The first-order chi connectivity index (χ1) is 14.2. The van der Waals surface area contributed by atoms with Crippen LogP contribution in [0.3, 0.4) is 0 Å². The van der Waals surface area contributed by atoms with Crippen molar-refractivity contribution in [2.24, 2.45) is 4.99 Å². The molecule has 0 saturated carbocycles. The normalized spacial score (nSPS) is 24.6. The van der Waals surface area contributed by atoms with Gasteiger partial charge >= 0.3 is 0 Å². The Labute approximate surface area is 171 Å². The first kappa shape index (κ1) is 18.0. The zero-order valence-corrected chi connectivity index (χ0v) is 16.9. The van der Waals surface area contributed by atoms with E-state index < -0.39 is 0 Å². The molecule has 3 aromatic rings. The molecule has 0 aromatic heterocycles. The summed E-state index contributed by atoms with van der Waals surface area (Å²) in [6.45, 7) is 2.11. The Hall–Kier alpha value is -3.11. The molecule has 0 bridgehead atoms. The smallest absolute Gasteiger partial charge is 0.161 e. The lowest BCUT2D eigenvalue weighted by molar-refractivity contribution is 0.351. The number of aliphatic imine (C=N–C) groups is 1. The lowest BCUT2D eigenvalue weighted by atomic mass is 10.0. The summed E-state index contributed by atoms with van der Waals surface area (Å²) < 4.78 is 10.9. The van der Waals surface area contributed by atoms with Crippen LogP contribution in [0.25, 0.3) is 0 Å². The second-order valence-electron chi connectivity index (χ2n) is 7.62. The average molecular weight is 384 g/mol. The molecule has 5 rings (SSSR count). The van der Waals surface area contributed by atoms with Crippen LogP contribution in [0.5, 0.6) is 11.5 Å². The summed E-state index contributed by atoms with van der Waals surface area (Å²) in [4.78, 5) is 7.62. The fourth-order valence-corrected chi connectivity index (χ4v) is 4.35. The Morgan fingerprint density at radius 1 is 0.759 bits per heavy atom. The first-order valence-electron chi connectivity index (χ1n) is 9.90. The number of ether oxygens (including phenoxy) is 2. The molecule has 2 aliphatic rings. The van der Waals surface area contributed by atoms with E-state index in [-0.39, 0.29) is 6.17 Å². The maximum absolute atomic E-state index is 5.53. The van der Waals surface area contributed by atoms with Gasteiger partial charge in [0.2, 0.25) is 0 Å². The summed E-state index contributed by atoms with van der Waals surface area (Å²) >= 11 is 0. The molecule has 1 fully saturated rings. The summed E-state index contributed by atoms with van der Waals surface area (Å²) in [5.41, 5.74) is 6.08. The van der Waals surface area contributed by atoms with Crippen molar-refractivity contribution in [2.45, 2.75) is 25.2 Å². The molecule has 4 heteroatoms. The highest BCUT2D eigenvalue weighted by Crippen LogP contribution is 2.56. The molecule has 1 saturated heterocycles. The van der Waals surface area contributed by atoms with Crippen molar-refractivity contribution >= 4 is 5.71 Å². The van der Waals surface area contributed by atoms with Crippen LogP contribution < -0.4 is 9.47 Å². The molecule has 1 unspecified atom stereocenters. The molecule has 29 heavy (non-hydrogen) atoms. The van der Waals surface area contributed by atoms with Gasteiger partial charge in [-0.1, -0.05) is 66.2 Å². The monoisotopic (exact) mass is 384 g/mol. The molecular weight excluding hydrogens is 360 g/mol. The zero-order chi connectivity index (χ0) is 20.0. The molecular formula is C25H24N2O2. The average Bonchev–Trinajstić information content (AvgIpc) is 3.38. The molecule has 4 atom stereocenters. The number of aryl methyl sites for hydroxylation is 1. The van der Waals surface area contributed by atoms with E-state index in [9.17, 15) is 0 Å². The molecule has 3 aromatic carbocycles. The van der Waals surface area contributed by atoms with E-state index in [0.717, 1.165) is 17.1 Å². The third kappa shape index (κ3) is 3.00. The third-order valence-electron chi connectivity index (χ3n) is 5.87. The number of methoxy groups -OCH3 is 2. The van der Waals surface area contributed by atoms with E-state index in [4.69, 9.17) is 14.5 Å². The molecule has 0 spiro atoms. The van der Waals surface area contributed by atoms with Crippen molar-refractivity contribution in [1.29, 1.82) is 0 Å². The fourth-order valence-electron chi connectivity index (χ4n) is 4.35. The van der Waals surface area contributed by atoms with E-state index >= 15 is 0 Å². The van der Waals surface area contributed by atoms with Gasteiger partial charge < -0.3 is 9.47 Å². The predicted octanol–water partition coefficient (Wildman–Crippen LogP) is 4.94. The van der Waals surface area contributed by atoms with E-state index in [0.29, 0.717) is 12.1 Å². The first-order valence-corrected chi connectivity index (χ1v) is 9.90. The lowest BCUT2D eigenvalue weighted by Crippen LogP contribution is -2.08. The van der Waals surface area contributed by atoms with E-state index in [1.54, 1.807) is 14.2 Å². The minimum atomic E-state index is -0.0266. The van der Waals surface area contributed by atoms with Gasteiger partial charge in [0.05, 0.1) is 32.0 Å². The Kier molecular flexibility index (Phi) is 4.36. The lowest BCUT2D eigenvalue weighted by Gasteiger charge is -2.16. The number of benzene rings is 3. The van der Waals surface area contributed by atoms with Gasteiger partial charge in [-0.2, -0.15) is 0 Å². The number of nitrogens with zero attached hydrogens (tertiary/aromatic N) is 2. The van der Waals surface area contributed by atoms with Gasteiger partial charge in [-0.25, -0.2) is 0 Å². The van der Waals surface area contributed by atoms with Crippen molar-refractivity contribution in [1.82, 2.24) is 4.90 Å².